The predicted octanol–water partition coefficient (Wildman–Crippen LogP) is 9.01. The van der Waals surface area contributed by atoms with E-state index < -0.39 is 50.9 Å². The van der Waals surface area contributed by atoms with Gasteiger partial charge in [-0.25, -0.2) is 0 Å². The first kappa shape index (κ1) is 65.8. The van der Waals surface area contributed by atoms with Crippen LogP contribution in [0.1, 0.15) is 82.1 Å². The van der Waals surface area contributed by atoms with Crippen molar-refractivity contribution in [2.45, 2.75) is 174 Å². The quantitative estimate of drug-likeness (QED) is 0.0392. The number of halogens is 2. The van der Waals surface area contributed by atoms with Gasteiger partial charge in [0, 0.05) is 31.6 Å². The smallest absolute Gasteiger partial charge is 0.476 e. The number of nitrogens with zero attached hydrogens (tertiary/aromatic N) is 2. The number of alkyl halides is 1. The van der Waals surface area contributed by atoms with E-state index in [1.165, 1.54) is 56.7 Å². The third-order valence-corrected chi connectivity index (χ3v) is 25.4. The fourth-order valence-corrected chi connectivity index (χ4v) is 26.7. The molecule has 0 aliphatic rings. The Morgan fingerprint density at radius 1 is 0.462 bits per heavy atom. The number of unbranched alkanes of at least 4 members (excludes halogenated alkanes) is 2. The van der Waals surface area contributed by atoms with Crippen molar-refractivity contribution < 1.29 is 46.8 Å². The van der Waals surface area contributed by atoms with Crippen LogP contribution >= 0.6 is 15.9 Å². The Morgan fingerprint density at radius 2 is 0.731 bits per heavy atom. The first-order valence-electron chi connectivity index (χ1n) is 19.3. The van der Waals surface area contributed by atoms with E-state index in [2.05, 4.69) is 154 Å². The summed E-state index contributed by atoms with van der Waals surface area (Å²) in [7, 11) is -11.6. The second-order valence-electron chi connectivity index (χ2n) is 17.0. The Hall–Kier alpha value is 1.94. The molecule has 0 aromatic heterocycles. The van der Waals surface area contributed by atoms with Gasteiger partial charge in [0.15, 0.2) is 33.3 Å². The first-order valence-corrected chi connectivity index (χ1v) is 38.5. The van der Waals surface area contributed by atoms with E-state index in [4.69, 9.17) is 25.3 Å². The Kier molecular flexibility index (Phi) is 40.3. The minimum absolute atomic E-state index is 0. The lowest BCUT2D eigenvalue weighted by Gasteiger charge is -2.37. The average molecular weight is 981 g/mol. The van der Waals surface area contributed by atoms with Crippen LogP contribution in [0.2, 0.25) is 91.7 Å². The summed E-state index contributed by atoms with van der Waals surface area (Å²) in [5.41, 5.74) is 0. The van der Waals surface area contributed by atoms with Gasteiger partial charge >= 0.3 is 17.6 Å². The highest BCUT2D eigenvalue weighted by molar-refractivity contribution is 9.09. The van der Waals surface area contributed by atoms with Crippen molar-refractivity contribution in [1.29, 1.82) is 0 Å². The molecule has 0 bridgehead atoms. The second kappa shape index (κ2) is 31.9. The lowest BCUT2D eigenvalue weighted by Crippen LogP contribution is -3.00. The molecule has 0 saturated heterocycles. The van der Waals surface area contributed by atoms with E-state index in [1.54, 1.807) is 0 Å². The molecule has 0 saturated carbocycles. The molecule has 8 nitrogen and oxygen atoms in total. The van der Waals surface area contributed by atoms with Gasteiger partial charge in [0.05, 0.1) is 26.2 Å². The maximum atomic E-state index is 6.38. The van der Waals surface area contributed by atoms with Crippen molar-refractivity contribution in [2.24, 2.45) is 0 Å². The van der Waals surface area contributed by atoms with Crippen LogP contribution in [0.25, 0.3) is 0 Å². The Morgan fingerprint density at radius 3 is 0.923 bits per heavy atom. The van der Waals surface area contributed by atoms with Gasteiger partial charge in [-0.1, -0.05) is 51.6 Å². The maximum absolute atomic E-state index is 6.38. The van der Waals surface area contributed by atoms with Gasteiger partial charge in [-0.2, -0.15) is 0 Å². The molecule has 0 N–H and O–H groups in total. The van der Waals surface area contributed by atoms with Crippen LogP contribution in [0.3, 0.4) is 0 Å². The van der Waals surface area contributed by atoms with Gasteiger partial charge in [0.25, 0.3) is 0 Å². The SMILES string of the molecule is C.C.CCN(CC)CC.CC[N+](CC)(CC)CCCCO[Si](C)(O[Si](C)(C)C)O[Si](C)(C)C.C[Si](C)(C)O[Si](C)(OCCCCBr)O[Si](C)(C)C.[Br-]. The molecule has 0 rings (SSSR count). The molecule has 0 amide bonds. The molecule has 16 heteroatoms. The van der Waals surface area contributed by atoms with Gasteiger partial charge in [-0.3, -0.25) is 0 Å². The second-order valence-corrected chi connectivity index (χ2v) is 42.0. The molecule has 0 spiro atoms. The largest absolute Gasteiger partial charge is 1.00 e. The average Bonchev–Trinajstić information content (AvgIpc) is 2.91. The van der Waals surface area contributed by atoms with E-state index >= 15 is 0 Å². The van der Waals surface area contributed by atoms with E-state index in [1.807, 2.05) is 0 Å². The minimum atomic E-state index is -2.52. The summed E-state index contributed by atoms with van der Waals surface area (Å²) in [5.74, 6) is 0. The molecular weight excluding hydrogens is 885 g/mol. The lowest BCUT2D eigenvalue weighted by atomic mass is 10.2. The van der Waals surface area contributed by atoms with E-state index in [0.717, 1.165) is 37.8 Å². The summed E-state index contributed by atoms with van der Waals surface area (Å²) in [4.78, 5) is 2.38. The number of quaternary nitrogens is 1. The Bertz CT molecular complexity index is 760. The number of hydrogen-bond donors (Lipinski definition) is 0. The summed E-state index contributed by atoms with van der Waals surface area (Å²) in [6, 6.07) is 0. The van der Waals surface area contributed by atoms with Gasteiger partial charge in [-0.15, -0.1) is 0 Å². The van der Waals surface area contributed by atoms with Crippen molar-refractivity contribution in [3.63, 3.8) is 0 Å². The van der Waals surface area contributed by atoms with Crippen molar-refractivity contribution in [1.82, 2.24) is 4.90 Å². The molecule has 0 aliphatic heterocycles. The van der Waals surface area contributed by atoms with Crippen LogP contribution < -0.4 is 17.0 Å². The van der Waals surface area contributed by atoms with Crippen molar-refractivity contribution in [3.05, 3.63) is 0 Å². The lowest BCUT2D eigenvalue weighted by molar-refractivity contribution is -0.923. The third kappa shape index (κ3) is 40.1. The topological polar surface area (TPSA) is 58.6 Å². The standard InChI is InChI=1S/C17H44NO3Si3.C11H29BrO3Si3.C6H15N.2CH4.BrH/c1-11-18(12-2,13-3)16-14-15-17-19-24(10,20-22(4,5)6)21-23(7,8)9;1-16(2,3)14-18(7,15-17(4,5)6)13-11-9-8-10-12;1-4-7(5-2)6-3;;;/h11-17H2,1-10H3;8-11H2,1-7H3;4-6H2,1-3H3;2*1H4;1H/q+1;;;;;/p-1. The Balaban J connectivity index is -0.000000167. The summed E-state index contributed by atoms with van der Waals surface area (Å²) < 4.78 is 38.7. The summed E-state index contributed by atoms with van der Waals surface area (Å²) in [6.07, 6.45) is 4.48. The van der Waals surface area contributed by atoms with Crippen LogP contribution in [0, 0.1) is 0 Å². The minimum Gasteiger partial charge on any atom is -1.00 e. The zero-order chi connectivity index (χ0) is 39.2. The number of rotatable bonds is 25. The molecule has 0 aromatic rings. The van der Waals surface area contributed by atoms with Crippen molar-refractivity contribution in [2.75, 3.05) is 64.4 Å². The van der Waals surface area contributed by atoms with Gasteiger partial charge < -0.3 is 51.7 Å². The van der Waals surface area contributed by atoms with Crippen LogP contribution in [-0.4, -0.2) is 125 Å². The molecular formula is C36H96Br2N2O6Si6. The van der Waals surface area contributed by atoms with E-state index in [0.29, 0.717) is 0 Å². The van der Waals surface area contributed by atoms with Gasteiger partial charge in [0.2, 0.25) is 0 Å². The molecule has 0 aromatic carbocycles. The molecule has 0 unspecified atom stereocenters. The zero-order valence-corrected chi connectivity index (χ0v) is 46.2. The molecule has 52 heavy (non-hydrogen) atoms. The van der Waals surface area contributed by atoms with Crippen LogP contribution in [0.5, 0.6) is 0 Å². The van der Waals surface area contributed by atoms with Gasteiger partial charge in [-0.05, 0) is 145 Å². The fraction of sp³-hybridized carbons (Fsp3) is 1.00. The molecule has 0 heterocycles. The zero-order valence-electron chi connectivity index (χ0n) is 37.0. The third-order valence-electron chi connectivity index (χ3n) is 7.60. The molecule has 0 radical (unpaired) electrons. The van der Waals surface area contributed by atoms with Gasteiger partial charge in [0.1, 0.15) is 0 Å². The highest BCUT2D eigenvalue weighted by Gasteiger charge is 2.44. The highest BCUT2D eigenvalue weighted by atomic mass is 79.9. The van der Waals surface area contributed by atoms with E-state index in [-0.39, 0.29) is 31.8 Å². The van der Waals surface area contributed by atoms with Crippen molar-refractivity contribution >= 4 is 66.8 Å². The Labute approximate surface area is 354 Å². The van der Waals surface area contributed by atoms with Crippen LogP contribution in [0.4, 0.5) is 0 Å². The van der Waals surface area contributed by atoms with Crippen LogP contribution in [0.15, 0.2) is 0 Å². The highest BCUT2D eigenvalue weighted by Crippen LogP contribution is 2.23. The molecule has 0 fully saturated rings. The fourth-order valence-electron chi connectivity index (χ4n) is 5.46. The van der Waals surface area contributed by atoms with Crippen molar-refractivity contribution in [3.8, 4) is 0 Å². The maximum Gasteiger partial charge on any atom is 0.476 e. The van der Waals surface area contributed by atoms with E-state index in [9.17, 15) is 0 Å². The predicted molar refractivity (Wildman–Crippen MR) is 249 cm³/mol. The number of hydrogen-bond acceptors (Lipinski definition) is 7. The summed E-state index contributed by atoms with van der Waals surface area (Å²) in [6.45, 7) is 54.0. The molecule has 0 atom stereocenters. The monoisotopic (exact) mass is 978 g/mol. The first-order chi connectivity index (χ1) is 22.1. The molecule has 324 valence electrons. The normalized spacial score (nSPS) is 12.8. The summed E-state index contributed by atoms with van der Waals surface area (Å²) >= 11 is 3.43. The molecule has 0 aliphatic carbocycles. The van der Waals surface area contributed by atoms with Crippen LogP contribution in [-0.2, 0) is 25.3 Å². The summed E-state index contributed by atoms with van der Waals surface area (Å²) in [5, 5.41) is 1.03.